The van der Waals surface area contributed by atoms with E-state index in [1.165, 1.54) is 0 Å². The molecule has 0 amide bonds. The number of nitrogens with one attached hydrogen (secondary N) is 1. The Hall–Kier alpha value is -2.62. The Morgan fingerprint density at radius 3 is 2.84 bits per heavy atom. The smallest absolute Gasteiger partial charge is 0.198 e. The van der Waals surface area contributed by atoms with Crippen molar-refractivity contribution in [2.75, 3.05) is 0 Å². The summed E-state index contributed by atoms with van der Waals surface area (Å²) in [5.41, 5.74) is 2.52. The SMILES string of the molecule is Oc1[nH]c2ccccc2c1C=NCc1ccccn1. The molecule has 0 spiro atoms. The lowest BCUT2D eigenvalue weighted by molar-refractivity contribution is 0.457. The van der Waals surface area contributed by atoms with E-state index in [-0.39, 0.29) is 5.88 Å². The third kappa shape index (κ3) is 2.33. The van der Waals surface area contributed by atoms with Gasteiger partial charge in [-0.15, -0.1) is 0 Å². The first-order chi connectivity index (χ1) is 9.34. The minimum absolute atomic E-state index is 0.144. The summed E-state index contributed by atoms with van der Waals surface area (Å²) in [5.74, 6) is 0.144. The molecule has 0 bridgehead atoms. The van der Waals surface area contributed by atoms with E-state index in [0.29, 0.717) is 12.1 Å². The molecule has 0 saturated heterocycles. The summed E-state index contributed by atoms with van der Waals surface area (Å²) >= 11 is 0. The first-order valence-electron chi connectivity index (χ1n) is 6.04. The molecule has 3 aromatic rings. The Labute approximate surface area is 110 Å². The van der Waals surface area contributed by atoms with Gasteiger partial charge in [-0.2, -0.15) is 0 Å². The Kier molecular flexibility index (Phi) is 2.98. The molecule has 0 atom stereocenters. The number of aliphatic imine (C=N–C) groups is 1. The van der Waals surface area contributed by atoms with Gasteiger partial charge in [-0.25, -0.2) is 0 Å². The monoisotopic (exact) mass is 251 g/mol. The molecule has 2 N–H and O–H groups in total. The molecule has 1 aromatic carbocycles. The van der Waals surface area contributed by atoms with Gasteiger partial charge >= 0.3 is 0 Å². The zero-order valence-electron chi connectivity index (χ0n) is 10.2. The highest BCUT2D eigenvalue weighted by Crippen LogP contribution is 2.25. The van der Waals surface area contributed by atoms with Crippen molar-refractivity contribution in [3.63, 3.8) is 0 Å². The Morgan fingerprint density at radius 1 is 1.16 bits per heavy atom. The number of nitrogens with zero attached hydrogens (tertiary/aromatic N) is 2. The van der Waals surface area contributed by atoms with Crippen molar-refractivity contribution in [3.8, 4) is 5.88 Å². The summed E-state index contributed by atoms with van der Waals surface area (Å²) in [6.45, 7) is 0.500. The maximum Gasteiger partial charge on any atom is 0.198 e. The first-order valence-corrected chi connectivity index (χ1v) is 6.04. The van der Waals surface area contributed by atoms with Crippen LogP contribution in [0.1, 0.15) is 11.3 Å². The van der Waals surface area contributed by atoms with Crippen molar-refractivity contribution < 1.29 is 5.11 Å². The van der Waals surface area contributed by atoms with Crippen LogP contribution in [0.5, 0.6) is 5.88 Å². The second-order valence-electron chi connectivity index (χ2n) is 4.22. The number of fused-ring (bicyclic) bond motifs is 1. The first kappa shape index (κ1) is 11.5. The van der Waals surface area contributed by atoms with E-state index in [1.807, 2.05) is 42.5 Å². The van der Waals surface area contributed by atoms with Crippen LogP contribution < -0.4 is 0 Å². The van der Waals surface area contributed by atoms with Crippen LogP contribution in [-0.2, 0) is 6.54 Å². The summed E-state index contributed by atoms with van der Waals surface area (Å²) in [5, 5.41) is 10.8. The highest BCUT2D eigenvalue weighted by Gasteiger charge is 2.07. The molecule has 0 aliphatic rings. The van der Waals surface area contributed by atoms with Gasteiger partial charge < -0.3 is 10.1 Å². The number of aromatic hydroxyl groups is 1. The van der Waals surface area contributed by atoms with Crippen molar-refractivity contribution in [1.82, 2.24) is 9.97 Å². The van der Waals surface area contributed by atoms with Crippen molar-refractivity contribution in [1.29, 1.82) is 0 Å². The number of pyridine rings is 1. The van der Waals surface area contributed by atoms with Crippen LogP contribution >= 0.6 is 0 Å². The summed E-state index contributed by atoms with van der Waals surface area (Å²) < 4.78 is 0. The van der Waals surface area contributed by atoms with Gasteiger partial charge in [0.25, 0.3) is 0 Å². The number of aromatic amines is 1. The van der Waals surface area contributed by atoms with E-state index in [1.54, 1.807) is 12.4 Å². The van der Waals surface area contributed by atoms with E-state index >= 15 is 0 Å². The van der Waals surface area contributed by atoms with Crippen LogP contribution in [0.15, 0.2) is 53.7 Å². The molecular weight excluding hydrogens is 238 g/mol. The molecule has 19 heavy (non-hydrogen) atoms. The van der Waals surface area contributed by atoms with Gasteiger partial charge in [0.2, 0.25) is 0 Å². The van der Waals surface area contributed by atoms with E-state index in [9.17, 15) is 5.11 Å². The standard InChI is InChI=1S/C15H13N3O/c19-15-13(12-6-1-2-7-14(12)18-15)10-16-9-11-5-3-4-8-17-11/h1-8,10,18-19H,9H2. The van der Waals surface area contributed by atoms with Gasteiger partial charge in [0.05, 0.1) is 17.8 Å². The topological polar surface area (TPSA) is 61.3 Å². The molecular formula is C15H13N3O. The fourth-order valence-electron chi connectivity index (χ4n) is 2.00. The van der Waals surface area contributed by atoms with Crippen molar-refractivity contribution >= 4 is 17.1 Å². The van der Waals surface area contributed by atoms with Gasteiger partial charge in [-0.3, -0.25) is 9.98 Å². The number of rotatable bonds is 3. The lowest BCUT2D eigenvalue weighted by Crippen LogP contribution is -1.87. The largest absolute Gasteiger partial charge is 0.494 e. The van der Waals surface area contributed by atoms with E-state index in [4.69, 9.17) is 0 Å². The number of hydrogen-bond acceptors (Lipinski definition) is 3. The van der Waals surface area contributed by atoms with Gasteiger partial charge in [-0.1, -0.05) is 24.3 Å². The van der Waals surface area contributed by atoms with Crippen LogP contribution in [0.4, 0.5) is 0 Å². The molecule has 4 nitrogen and oxygen atoms in total. The Bertz CT molecular complexity index is 717. The summed E-state index contributed by atoms with van der Waals surface area (Å²) in [7, 11) is 0. The average Bonchev–Trinajstić information content (AvgIpc) is 2.76. The number of para-hydroxylation sites is 1. The quantitative estimate of drug-likeness (QED) is 0.703. The van der Waals surface area contributed by atoms with E-state index in [0.717, 1.165) is 16.6 Å². The third-order valence-electron chi connectivity index (χ3n) is 2.93. The molecule has 0 aliphatic carbocycles. The maximum absolute atomic E-state index is 9.87. The van der Waals surface area contributed by atoms with Crippen LogP contribution in [0.3, 0.4) is 0 Å². The van der Waals surface area contributed by atoms with Crippen molar-refractivity contribution in [2.24, 2.45) is 4.99 Å². The Morgan fingerprint density at radius 2 is 2.00 bits per heavy atom. The normalized spacial score (nSPS) is 11.4. The van der Waals surface area contributed by atoms with E-state index in [2.05, 4.69) is 15.0 Å². The predicted molar refractivity (Wildman–Crippen MR) is 75.5 cm³/mol. The average molecular weight is 251 g/mol. The second kappa shape index (κ2) is 4.94. The second-order valence-corrected chi connectivity index (χ2v) is 4.22. The molecule has 0 aliphatic heterocycles. The molecule has 0 saturated carbocycles. The molecule has 2 aromatic heterocycles. The highest BCUT2D eigenvalue weighted by atomic mass is 16.3. The summed E-state index contributed by atoms with van der Waals surface area (Å²) in [4.78, 5) is 11.5. The zero-order valence-corrected chi connectivity index (χ0v) is 10.2. The van der Waals surface area contributed by atoms with Gasteiger partial charge in [-0.05, 0) is 18.2 Å². The summed E-state index contributed by atoms with van der Waals surface area (Å²) in [6, 6.07) is 13.5. The molecule has 4 heteroatoms. The van der Waals surface area contributed by atoms with Crippen molar-refractivity contribution in [3.05, 3.63) is 59.9 Å². The number of hydrogen-bond donors (Lipinski definition) is 2. The number of benzene rings is 1. The highest BCUT2D eigenvalue weighted by molar-refractivity contribution is 6.01. The van der Waals surface area contributed by atoms with Gasteiger partial charge in [0.1, 0.15) is 0 Å². The van der Waals surface area contributed by atoms with Gasteiger partial charge in [0.15, 0.2) is 5.88 Å². The van der Waals surface area contributed by atoms with Crippen LogP contribution in [0.2, 0.25) is 0 Å². The van der Waals surface area contributed by atoms with E-state index < -0.39 is 0 Å². The maximum atomic E-state index is 9.87. The minimum Gasteiger partial charge on any atom is -0.494 e. The minimum atomic E-state index is 0.144. The molecule has 3 rings (SSSR count). The summed E-state index contributed by atoms with van der Waals surface area (Å²) in [6.07, 6.45) is 3.43. The van der Waals surface area contributed by atoms with Crippen LogP contribution in [0.25, 0.3) is 10.9 Å². The fourth-order valence-corrected chi connectivity index (χ4v) is 2.00. The number of H-pyrrole nitrogens is 1. The molecule has 0 unspecified atom stereocenters. The number of aromatic nitrogens is 2. The molecule has 94 valence electrons. The molecule has 0 radical (unpaired) electrons. The van der Waals surface area contributed by atoms with Crippen molar-refractivity contribution in [2.45, 2.75) is 6.54 Å². The third-order valence-corrected chi connectivity index (χ3v) is 2.93. The molecule has 0 fully saturated rings. The lowest BCUT2D eigenvalue weighted by atomic mass is 10.2. The van der Waals surface area contributed by atoms with Crippen LogP contribution in [0, 0.1) is 0 Å². The molecule has 2 heterocycles. The zero-order chi connectivity index (χ0) is 13.1. The van der Waals surface area contributed by atoms with Gasteiger partial charge in [0, 0.05) is 23.3 Å². The lowest BCUT2D eigenvalue weighted by Gasteiger charge is -1.94. The fraction of sp³-hybridized carbons (Fsp3) is 0.0667. The predicted octanol–water partition coefficient (Wildman–Crippen LogP) is 2.89. The Balaban J connectivity index is 1.87. The van der Waals surface area contributed by atoms with Crippen LogP contribution in [-0.4, -0.2) is 21.3 Å².